The van der Waals surface area contributed by atoms with Crippen molar-refractivity contribution in [1.82, 2.24) is 0 Å². The summed E-state index contributed by atoms with van der Waals surface area (Å²) in [5.74, 6) is -1.75. The number of ketones is 1. The summed E-state index contributed by atoms with van der Waals surface area (Å²) in [7, 11) is -4.71. The van der Waals surface area contributed by atoms with Gasteiger partial charge in [0.1, 0.15) is 10.1 Å². The number of carbonyl (C=O) groups is 1. The second kappa shape index (κ2) is 6.75. The van der Waals surface area contributed by atoms with Crippen LogP contribution in [-0.4, -0.2) is 24.5 Å². The molecule has 0 fully saturated rings. The van der Waals surface area contributed by atoms with Crippen molar-refractivity contribution >= 4 is 27.3 Å². The number of hydrogen-bond acceptors (Lipinski definition) is 8. The Balaban J connectivity index is 0.00000242. The van der Waals surface area contributed by atoms with Gasteiger partial charge < -0.3 is 14.8 Å². The zero-order valence-electron chi connectivity index (χ0n) is 11.6. The number of allylic oxidation sites excluding steroid dienone is 3. The second-order valence-electron chi connectivity index (χ2n) is 3.97. The van der Waals surface area contributed by atoms with E-state index in [-0.39, 0.29) is 29.9 Å². The predicted octanol–water partition coefficient (Wildman–Crippen LogP) is -1.07. The summed E-state index contributed by atoms with van der Waals surface area (Å²) in [6.07, 6.45) is 3.08. The summed E-state index contributed by atoms with van der Waals surface area (Å²) >= 11 is 0. The normalized spacial score (nSPS) is 16.1. The Kier molecular flexibility index (Phi) is 5.50. The molecule has 0 aromatic heterocycles. The first-order valence-corrected chi connectivity index (χ1v) is 6.90. The Hall–Kier alpha value is -2.13. The van der Waals surface area contributed by atoms with E-state index in [4.69, 9.17) is 0 Å². The molecule has 0 atom stereocenters. The van der Waals surface area contributed by atoms with Crippen molar-refractivity contribution in [3.8, 4) is 5.75 Å². The van der Waals surface area contributed by atoms with E-state index < -0.39 is 32.3 Å². The van der Waals surface area contributed by atoms with Crippen LogP contribution in [0.2, 0.25) is 0 Å². The standard InChI is InChI=1S/C12H10N2O6S.Cu/c15-7-1-3-9(12(17)5-7)13-14-10-6-8(21(18,19)20)2-4-11(10)16;/h1-6,14,16-17H,(H,18,19,20);/q;+2/p-2/b13-9-;. The van der Waals surface area contributed by atoms with Crippen LogP contribution in [0, 0.1) is 0 Å². The average Bonchev–Trinajstić information content (AvgIpc) is 2.38. The Bertz CT molecular complexity index is 804. The van der Waals surface area contributed by atoms with E-state index in [1.807, 2.05) is 0 Å². The van der Waals surface area contributed by atoms with Crippen molar-refractivity contribution in [2.75, 3.05) is 5.43 Å². The van der Waals surface area contributed by atoms with Gasteiger partial charge in [-0.05, 0) is 30.4 Å². The molecule has 0 saturated carbocycles. The molecule has 1 aromatic carbocycles. The minimum atomic E-state index is -4.71. The van der Waals surface area contributed by atoms with Crippen molar-refractivity contribution in [1.29, 1.82) is 0 Å². The van der Waals surface area contributed by atoms with Gasteiger partial charge in [0.2, 0.25) is 0 Å². The molecule has 0 amide bonds. The van der Waals surface area contributed by atoms with E-state index >= 15 is 0 Å². The molecule has 1 aliphatic rings. The average molecular weight is 372 g/mol. The topological polar surface area (TPSA) is 145 Å². The minimum absolute atomic E-state index is 0. The third kappa shape index (κ3) is 4.18. The molecule has 1 N–H and O–H groups in total. The molecule has 0 aliphatic heterocycles. The van der Waals surface area contributed by atoms with Gasteiger partial charge in [-0.2, -0.15) is 5.10 Å². The Morgan fingerprint density at radius 1 is 1.18 bits per heavy atom. The zero-order valence-corrected chi connectivity index (χ0v) is 12.3. The van der Waals surface area contributed by atoms with E-state index in [0.29, 0.717) is 0 Å². The maximum absolute atomic E-state index is 11.5. The largest absolute Gasteiger partial charge is 2.00 e. The van der Waals surface area contributed by atoms with Gasteiger partial charge in [0.15, 0.2) is 5.78 Å². The molecular formula is C12H8CuN2O6S. The van der Waals surface area contributed by atoms with Gasteiger partial charge in [0.25, 0.3) is 0 Å². The van der Waals surface area contributed by atoms with Gasteiger partial charge in [-0.25, -0.2) is 8.42 Å². The fraction of sp³-hybridized carbons (Fsp3) is 0. The molecule has 1 aliphatic carbocycles. The zero-order chi connectivity index (χ0) is 15.6. The maximum atomic E-state index is 11.5. The predicted molar refractivity (Wildman–Crippen MR) is 68.3 cm³/mol. The summed E-state index contributed by atoms with van der Waals surface area (Å²) in [5, 5.41) is 26.5. The van der Waals surface area contributed by atoms with Crippen LogP contribution in [0.15, 0.2) is 52.2 Å². The summed E-state index contributed by atoms with van der Waals surface area (Å²) in [5.41, 5.74) is 1.79. The number of benzene rings is 1. The summed E-state index contributed by atoms with van der Waals surface area (Å²) in [4.78, 5) is 10.3. The van der Waals surface area contributed by atoms with Crippen molar-refractivity contribution in [2.24, 2.45) is 5.10 Å². The third-order valence-corrected chi connectivity index (χ3v) is 3.30. The van der Waals surface area contributed by atoms with Crippen molar-refractivity contribution in [3.63, 3.8) is 0 Å². The molecule has 1 aromatic rings. The first-order valence-electron chi connectivity index (χ1n) is 5.49. The van der Waals surface area contributed by atoms with Crippen LogP contribution in [0.5, 0.6) is 5.75 Å². The maximum Gasteiger partial charge on any atom is 2.00 e. The van der Waals surface area contributed by atoms with Crippen molar-refractivity contribution < 1.29 is 46.5 Å². The molecule has 0 spiro atoms. The Morgan fingerprint density at radius 3 is 2.45 bits per heavy atom. The van der Waals surface area contributed by atoms with E-state index in [9.17, 15) is 28.0 Å². The van der Waals surface area contributed by atoms with Gasteiger partial charge in [0, 0.05) is 5.69 Å². The Labute approximate surface area is 137 Å². The fourth-order valence-electron chi connectivity index (χ4n) is 1.46. The molecular weight excluding hydrogens is 364 g/mol. The van der Waals surface area contributed by atoms with E-state index in [1.54, 1.807) is 0 Å². The van der Waals surface area contributed by atoms with Crippen LogP contribution in [0.1, 0.15) is 1.43 Å². The number of nitrogens with one attached hydrogen (secondary N) is 1. The van der Waals surface area contributed by atoms with Gasteiger partial charge in [-0.3, -0.25) is 10.2 Å². The fourth-order valence-corrected chi connectivity index (χ4v) is 1.96. The number of carbonyl (C=O) groups excluding carboxylic acids is 1. The smallest absolute Gasteiger partial charge is 0.871 e. The number of hydrazone groups is 1. The van der Waals surface area contributed by atoms with Crippen molar-refractivity contribution in [2.45, 2.75) is 4.90 Å². The molecule has 1 radical (unpaired) electrons. The molecule has 2 rings (SSSR count). The molecule has 10 heteroatoms. The summed E-state index contributed by atoms with van der Waals surface area (Å²) in [6.45, 7) is 0. The summed E-state index contributed by atoms with van der Waals surface area (Å²) < 4.78 is 32.6. The van der Waals surface area contributed by atoms with Gasteiger partial charge in [-0.15, -0.1) is 0 Å². The molecule has 22 heavy (non-hydrogen) atoms. The Morgan fingerprint density at radius 2 is 1.86 bits per heavy atom. The van der Waals surface area contributed by atoms with E-state index in [1.165, 1.54) is 0 Å². The molecule has 0 unspecified atom stereocenters. The van der Waals surface area contributed by atoms with Gasteiger partial charge in [-0.1, -0.05) is 17.6 Å². The van der Waals surface area contributed by atoms with Gasteiger partial charge in [0.05, 0.1) is 10.6 Å². The molecule has 0 saturated heterocycles. The number of rotatable bonds is 3. The molecule has 0 bridgehead atoms. The first-order chi connectivity index (χ1) is 9.77. The number of hydrogen-bond donors (Lipinski definition) is 1. The SMILES string of the molecule is O=C1C=C/C(=N/Nc2cc(S(=O)(=O)[O-])ccc2[O-])C([O-])=C1.[Cu+2].[H+]. The van der Waals surface area contributed by atoms with Crippen LogP contribution < -0.4 is 15.6 Å². The first kappa shape index (κ1) is 17.9. The van der Waals surface area contributed by atoms with Crippen molar-refractivity contribution in [3.05, 3.63) is 42.2 Å². The monoisotopic (exact) mass is 371 g/mol. The molecule has 0 heterocycles. The van der Waals surface area contributed by atoms with E-state index in [0.717, 1.165) is 36.4 Å². The second-order valence-corrected chi connectivity index (χ2v) is 5.34. The minimum Gasteiger partial charge on any atom is -0.871 e. The quantitative estimate of drug-likeness (QED) is 0.308. The molecule has 8 nitrogen and oxygen atoms in total. The number of nitrogens with zero attached hydrogens (tertiary/aromatic N) is 1. The van der Waals surface area contributed by atoms with Crippen LogP contribution in [0.4, 0.5) is 5.69 Å². The van der Waals surface area contributed by atoms with Gasteiger partial charge >= 0.3 is 18.5 Å². The van der Waals surface area contributed by atoms with Crippen LogP contribution in [-0.2, 0) is 32.0 Å². The third-order valence-electron chi connectivity index (χ3n) is 2.47. The van der Waals surface area contributed by atoms with Crippen LogP contribution >= 0.6 is 0 Å². The van der Waals surface area contributed by atoms with Crippen LogP contribution in [0.3, 0.4) is 0 Å². The summed E-state index contributed by atoms with van der Waals surface area (Å²) in [6, 6.07) is 2.59. The van der Waals surface area contributed by atoms with E-state index in [2.05, 4.69) is 10.5 Å². The number of anilines is 1. The van der Waals surface area contributed by atoms with Crippen LogP contribution in [0.25, 0.3) is 0 Å². The molecule has 119 valence electrons.